The highest BCUT2D eigenvalue weighted by atomic mass is 16.3. The highest BCUT2D eigenvalue weighted by molar-refractivity contribution is 5.98. The number of hydrogen-bond donors (Lipinski definition) is 2. The van der Waals surface area contributed by atoms with Crippen molar-refractivity contribution in [3.63, 3.8) is 0 Å². The number of furan rings is 1. The number of carbonyl (C=O) groups excluding carboxylic acids is 1. The lowest BCUT2D eigenvalue weighted by molar-refractivity contribution is 0.0885. The van der Waals surface area contributed by atoms with E-state index in [0.29, 0.717) is 17.9 Å². The van der Waals surface area contributed by atoms with Gasteiger partial charge in [-0.15, -0.1) is 0 Å². The average Bonchev–Trinajstić information content (AvgIpc) is 2.74. The third-order valence-electron chi connectivity index (χ3n) is 3.21. The Morgan fingerprint density at radius 2 is 2.05 bits per heavy atom. The largest absolute Gasteiger partial charge is 0.451 e. The molecule has 0 spiro atoms. The summed E-state index contributed by atoms with van der Waals surface area (Å²) in [4.78, 5) is 12.1. The third-order valence-corrected chi connectivity index (χ3v) is 3.21. The van der Waals surface area contributed by atoms with Crippen LogP contribution >= 0.6 is 0 Å². The summed E-state index contributed by atoms with van der Waals surface area (Å²) in [6, 6.07) is 7.57. The molecule has 0 aliphatic rings. The molecule has 0 saturated heterocycles. The first-order valence-electron chi connectivity index (χ1n) is 6.32. The lowest BCUT2D eigenvalue weighted by Gasteiger charge is -2.21. The maximum Gasteiger partial charge on any atom is 0.287 e. The summed E-state index contributed by atoms with van der Waals surface area (Å²) >= 11 is 0. The van der Waals surface area contributed by atoms with Gasteiger partial charge in [0.15, 0.2) is 5.76 Å². The lowest BCUT2D eigenvalue weighted by atomic mass is 9.95. The Labute approximate surface area is 112 Å². The fourth-order valence-corrected chi connectivity index (χ4v) is 1.85. The summed E-state index contributed by atoms with van der Waals surface area (Å²) in [6.45, 7) is 6.07. The minimum Gasteiger partial charge on any atom is -0.451 e. The van der Waals surface area contributed by atoms with E-state index in [2.05, 4.69) is 5.32 Å². The predicted octanol–water partition coefficient (Wildman–Crippen LogP) is 2.49. The molecule has 0 aliphatic carbocycles. The van der Waals surface area contributed by atoms with Crippen molar-refractivity contribution in [2.24, 2.45) is 5.41 Å². The molecule has 0 aliphatic heterocycles. The zero-order valence-corrected chi connectivity index (χ0v) is 11.5. The molecule has 1 heterocycles. The molecule has 0 unspecified atom stereocenters. The Morgan fingerprint density at radius 3 is 2.68 bits per heavy atom. The molecule has 2 rings (SSSR count). The molecule has 0 fully saturated rings. The zero-order chi connectivity index (χ0) is 14.0. The van der Waals surface area contributed by atoms with Crippen LogP contribution in [0.3, 0.4) is 0 Å². The van der Waals surface area contributed by atoms with Gasteiger partial charge in [0.05, 0.1) is 0 Å². The second-order valence-electron chi connectivity index (χ2n) is 5.56. The Bertz CT molecular complexity index is 598. The monoisotopic (exact) mass is 261 g/mol. The highest BCUT2D eigenvalue weighted by Gasteiger charge is 2.21. The van der Waals surface area contributed by atoms with Gasteiger partial charge in [0, 0.05) is 29.5 Å². The fourth-order valence-electron chi connectivity index (χ4n) is 1.85. The van der Waals surface area contributed by atoms with Crippen LogP contribution in [-0.2, 0) is 0 Å². The number of rotatable bonds is 4. The van der Waals surface area contributed by atoms with E-state index in [1.165, 1.54) is 0 Å². The van der Waals surface area contributed by atoms with Crippen LogP contribution in [-0.4, -0.2) is 24.2 Å². The number of aryl methyl sites for hydroxylation is 1. The topological polar surface area (TPSA) is 62.5 Å². The Hall–Kier alpha value is -1.81. The predicted molar refractivity (Wildman–Crippen MR) is 74.2 cm³/mol. The van der Waals surface area contributed by atoms with Crippen LogP contribution in [0.2, 0.25) is 0 Å². The van der Waals surface area contributed by atoms with Crippen molar-refractivity contribution in [2.75, 3.05) is 13.2 Å². The highest BCUT2D eigenvalue weighted by Crippen LogP contribution is 2.24. The second kappa shape index (κ2) is 5.05. The first-order valence-corrected chi connectivity index (χ1v) is 6.32. The summed E-state index contributed by atoms with van der Waals surface area (Å²) in [5, 5.41) is 12.9. The van der Waals surface area contributed by atoms with Crippen molar-refractivity contribution < 1.29 is 14.3 Å². The molecule has 0 atom stereocenters. The van der Waals surface area contributed by atoms with E-state index in [0.717, 1.165) is 10.9 Å². The van der Waals surface area contributed by atoms with Crippen LogP contribution in [0.4, 0.5) is 0 Å². The minimum atomic E-state index is -0.338. The maximum absolute atomic E-state index is 12.1. The number of fused-ring (bicyclic) bond motifs is 1. The number of hydrogen-bond acceptors (Lipinski definition) is 3. The Balaban J connectivity index is 2.20. The van der Waals surface area contributed by atoms with E-state index in [-0.39, 0.29) is 17.9 Å². The molecule has 0 bridgehead atoms. The quantitative estimate of drug-likeness (QED) is 0.888. The molecular weight excluding hydrogens is 242 g/mol. The van der Waals surface area contributed by atoms with Crippen molar-refractivity contribution >= 4 is 16.9 Å². The number of amides is 1. The van der Waals surface area contributed by atoms with Gasteiger partial charge in [-0.2, -0.15) is 0 Å². The van der Waals surface area contributed by atoms with Gasteiger partial charge < -0.3 is 14.8 Å². The standard InChI is InChI=1S/C15H19NO3/c1-10-11-6-4-5-7-12(11)19-13(10)14(18)16-8-15(2,3)9-17/h4-7,17H,8-9H2,1-3H3,(H,16,18). The number of nitrogens with one attached hydrogen (secondary N) is 1. The van der Waals surface area contributed by atoms with E-state index < -0.39 is 0 Å². The van der Waals surface area contributed by atoms with Gasteiger partial charge in [0.25, 0.3) is 5.91 Å². The van der Waals surface area contributed by atoms with Crippen molar-refractivity contribution in [2.45, 2.75) is 20.8 Å². The first kappa shape index (κ1) is 13.6. The molecule has 1 aromatic carbocycles. The van der Waals surface area contributed by atoms with Gasteiger partial charge in [-0.25, -0.2) is 0 Å². The van der Waals surface area contributed by atoms with Crippen LogP contribution in [0.25, 0.3) is 11.0 Å². The van der Waals surface area contributed by atoms with Crippen LogP contribution in [0.5, 0.6) is 0 Å². The number of aliphatic hydroxyl groups is 1. The number of carbonyl (C=O) groups is 1. The summed E-state index contributed by atoms with van der Waals surface area (Å²) in [7, 11) is 0. The molecule has 1 aromatic heterocycles. The van der Waals surface area contributed by atoms with Gasteiger partial charge in [-0.1, -0.05) is 32.0 Å². The summed E-state index contributed by atoms with van der Waals surface area (Å²) in [5.74, 6) is 0.102. The Morgan fingerprint density at radius 1 is 1.37 bits per heavy atom. The molecule has 0 saturated carbocycles. The van der Waals surface area contributed by atoms with Crippen LogP contribution in [0.15, 0.2) is 28.7 Å². The van der Waals surface area contributed by atoms with Gasteiger partial charge in [-0.3, -0.25) is 4.79 Å². The maximum atomic E-state index is 12.1. The van der Waals surface area contributed by atoms with Gasteiger partial charge in [0.2, 0.25) is 0 Å². The normalized spacial score (nSPS) is 11.8. The van der Waals surface area contributed by atoms with Crippen LogP contribution < -0.4 is 5.32 Å². The van der Waals surface area contributed by atoms with Crippen LogP contribution in [0.1, 0.15) is 30.0 Å². The van der Waals surface area contributed by atoms with Crippen molar-refractivity contribution in [1.29, 1.82) is 0 Å². The first-order chi connectivity index (χ1) is 8.94. The molecule has 0 radical (unpaired) electrons. The van der Waals surface area contributed by atoms with E-state index >= 15 is 0 Å². The molecular formula is C15H19NO3. The molecule has 4 heteroatoms. The van der Waals surface area contributed by atoms with E-state index in [1.54, 1.807) is 0 Å². The lowest BCUT2D eigenvalue weighted by Crippen LogP contribution is -2.36. The molecule has 4 nitrogen and oxygen atoms in total. The van der Waals surface area contributed by atoms with Gasteiger partial charge in [0.1, 0.15) is 5.58 Å². The van der Waals surface area contributed by atoms with Crippen LogP contribution in [0, 0.1) is 12.3 Å². The average molecular weight is 261 g/mol. The molecule has 2 N–H and O–H groups in total. The summed E-state index contributed by atoms with van der Waals surface area (Å²) in [5.41, 5.74) is 1.22. The van der Waals surface area contributed by atoms with Crippen molar-refractivity contribution in [3.05, 3.63) is 35.6 Å². The summed E-state index contributed by atoms with van der Waals surface area (Å²) < 4.78 is 5.58. The van der Waals surface area contributed by atoms with Crippen molar-refractivity contribution in [1.82, 2.24) is 5.32 Å². The van der Waals surface area contributed by atoms with Gasteiger partial charge in [-0.05, 0) is 13.0 Å². The smallest absolute Gasteiger partial charge is 0.287 e. The molecule has 19 heavy (non-hydrogen) atoms. The molecule has 1 amide bonds. The number of para-hydroxylation sites is 1. The van der Waals surface area contributed by atoms with Crippen molar-refractivity contribution in [3.8, 4) is 0 Å². The van der Waals surface area contributed by atoms with E-state index in [9.17, 15) is 9.90 Å². The summed E-state index contributed by atoms with van der Waals surface area (Å²) in [6.07, 6.45) is 0. The zero-order valence-electron chi connectivity index (χ0n) is 11.5. The number of aliphatic hydroxyl groups excluding tert-OH is 1. The van der Waals surface area contributed by atoms with E-state index in [1.807, 2.05) is 45.0 Å². The van der Waals surface area contributed by atoms with E-state index in [4.69, 9.17) is 4.42 Å². The third kappa shape index (κ3) is 2.79. The Kier molecular flexibility index (Phi) is 3.62. The fraction of sp³-hybridized carbons (Fsp3) is 0.400. The SMILES string of the molecule is Cc1c(C(=O)NCC(C)(C)CO)oc2ccccc12. The number of benzene rings is 1. The molecule has 2 aromatic rings. The second-order valence-corrected chi connectivity index (χ2v) is 5.56. The molecule has 102 valence electrons. The van der Waals surface area contributed by atoms with Gasteiger partial charge >= 0.3 is 0 Å². The minimum absolute atomic E-state index is 0.0202.